The van der Waals surface area contributed by atoms with Crippen LogP contribution in [-0.4, -0.2) is 50.8 Å². The first-order valence-electron chi connectivity index (χ1n) is 10.5. The summed E-state index contributed by atoms with van der Waals surface area (Å²) >= 11 is 0. The van der Waals surface area contributed by atoms with E-state index in [1.807, 2.05) is 17.9 Å². The van der Waals surface area contributed by atoms with Gasteiger partial charge in [-0.15, -0.1) is 0 Å². The van der Waals surface area contributed by atoms with Crippen molar-refractivity contribution in [3.8, 4) is 22.3 Å². The molecule has 0 radical (unpaired) electrons. The van der Waals surface area contributed by atoms with Crippen LogP contribution in [0.5, 0.6) is 0 Å². The van der Waals surface area contributed by atoms with Gasteiger partial charge in [-0.05, 0) is 62.5 Å². The molecule has 150 valence electrons. The zero-order valence-corrected chi connectivity index (χ0v) is 17.4. The van der Waals surface area contributed by atoms with Crippen molar-refractivity contribution < 1.29 is 0 Å². The average molecular weight is 389 g/mol. The second-order valence-corrected chi connectivity index (χ2v) is 8.61. The number of nitrogens with zero attached hydrogens (tertiary/aromatic N) is 5. The molecule has 1 saturated carbocycles. The maximum Gasteiger partial charge on any atom is 0.137 e. The Hall–Kier alpha value is -2.73. The predicted molar refractivity (Wildman–Crippen MR) is 116 cm³/mol. The van der Waals surface area contributed by atoms with Gasteiger partial charge in [0, 0.05) is 42.9 Å². The fraction of sp³-hybridized carbons (Fsp3) is 0.435. The quantitative estimate of drug-likeness (QED) is 0.577. The zero-order valence-electron chi connectivity index (χ0n) is 17.4. The van der Waals surface area contributed by atoms with E-state index in [1.165, 1.54) is 47.9 Å². The minimum absolute atomic E-state index is 0.482. The molecule has 0 spiro atoms. The number of anilines is 1. The summed E-state index contributed by atoms with van der Waals surface area (Å²) in [6.45, 7) is 0. The topological polar surface area (TPSA) is 58.9 Å². The molecule has 2 heterocycles. The van der Waals surface area contributed by atoms with E-state index in [9.17, 15) is 0 Å². The second-order valence-electron chi connectivity index (χ2n) is 8.61. The first-order chi connectivity index (χ1) is 14.1. The molecule has 0 unspecified atom stereocenters. The largest absolute Gasteiger partial charge is 0.367 e. The molecule has 5 rings (SSSR count). The van der Waals surface area contributed by atoms with Gasteiger partial charge in [0.2, 0.25) is 0 Å². The van der Waals surface area contributed by atoms with Crippen molar-refractivity contribution in [3.63, 3.8) is 0 Å². The lowest BCUT2D eigenvalue weighted by Crippen LogP contribution is -2.36. The molecule has 0 aliphatic heterocycles. The zero-order chi connectivity index (χ0) is 20.0. The monoisotopic (exact) mass is 388 g/mol. The number of hydrogen-bond acceptors (Lipinski definition) is 5. The number of rotatable bonds is 4. The van der Waals surface area contributed by atoms with Crippen molar-refractivity contribution in [3.05, 3.63) is 48.2 Å². The lowest BCUT2D eigenvalue weighted by atomic mass is 9.90. The SMILES string of the molecule is CN(C)C1CCC(Nc2ncnc3c2-c2cc(-c4cnn(C)c4)ccc2C3)CC1. The molecule has 1 aromatic carbocycles. The lowest BCUT2D eigenvalue weighted by Gasteiger charge is -2.33. The summed E-state index contributed by atoms with van der Waals surface area (Å²) in [4.78, 5) is 11.6. The van der Waals surface area contributed by atoms with Crippen LogP contribution in [0.15, 0.2) is 36.9 Å². The summed E-state index contributed by atoms with van der Waals surface area (Å²) in [7, 11) is 6.33. The minimum Gasteiger partial charge on any atom is -0.367 e. The third-order valence-electron chi connectivity index (χ3n) is 6.47. The average Bonchev–Trinajstić information content (AvgIpc) is 3.31. The van der Waals surface area contributed by atoms with E-state index in [2.05, 4.69) is 63.8 Å². The van der Waals surface area contributed by atoms with Crippen LogP contribution in [0, 0.1) is 0 Å². The lowest BCUT2D eigenvalue weighted by molar-refractivity contribution is 0.221. The third-order valence-corrected chi connectivity index (χ3v) is 6.47. The van der Waals surface area contributed by atoms with Crippen LogP contribution in [0.3, 0.4) is 0 Å². The van der Waals surface area contributed by atoms with Crippen molar-refractivity contribution in [2.75, 3.05) is 19.4 Å². The molecule has 0 saturated heterocycles. The molecular weight excluding hydrogens is 360 g/mol. The summed E-state index contributed by atoms with van der Waals surface area (Å²) in [6.07, 6.45) is 11.4. The van der Waals surface area contributed by atoms with Crippen LogP contribution in [0.25, 0.3) is 22.3 Å². The smallest absolute Gasteiger partial charge is 0.137 e. The Morgan fingerprint density at radius 1 is 1.07 bits per heavy atom. The van der Waals surface area contributed by atoms with Crippen LogP contribution >= 0.6 is 0 Å². The van der Waals surface area contributed by atoms with E-state index in [1.54, 1.807) is 6.33 Å². The molecule has 6 nitrogen and oxygen atoms in total. The highest BCUT2D eigenvalue weighted by molar-refractivity contribution is 5.86. The molecule has 1 fully saturated rings. The van der Waals surface area contributed by atoms with E-state index in [0.717, 1.165) is 23.5 Å². The Labute approximate surface area is 172 Å². The Bertz CT molecular complexity index is 1030. The summed E-state index contributed by atoms with van der Waals surface area (Å²) in [5.74, 6) is 0.991. The molecule has 29 heavy (non-hydrogen) atoms. The molecule has 2 aromatic heterocycles. The van der Waals surface area contributed by atoms with E-state index in [-0.39, 0.29) is 0 Å². The van der Waals surface area contributed by atoms with E-state index in [4.69, 9.17) is 0 Å². The summed E-state index contributed by atoms with van der Waals surface area (Å²) < 4.78 is 1.84. The van der Waals surface area contributed by atoms with Gasteiger partial charge in [-0.25, -0.2) is 9.97 Å². The fourth-order valence-corrected chi connectivity index (χ4v) is 4.77. The summed E-state index contributed by atoms with van der Waals surface area (Å²) in [5.41, 5.74) is 7.22. The van der Waals surface area contributed by atoms with Crippen LogP contribution in [0.4, 0.5) is 5.82 Å². The molecule has 2 aliphatic rings. The van der Waals surface area contributed by atoms with Crippen molar-refractivity contribution in [2.24, 2.45) is 7.05 Å². The molecule has 6 heteroatoms. The van der Waals surface area contributed by atoms with E-state index < -0.39 is 0 Å². The third kappa shape index (κ3) is 3.42. The van der Waals surface area contributed by atoms with Gasteiger partial charge in [0.15, 0.2) is 0 Å². The number of fused-ring (bicyclic) bond motifs is 3. The van der Waals surface area contributed by atoms with Crippen LogP contribution in [0.2, 0.25) is 0 Å². The first kappa shape index (κ1) is 18.3. The highest BCUT2D eigenvalue weighted by Crippen LogP contribution is 2.42. The predicted octanol–water partition coefficient (Wildman–Crippen LogP) is 3.73. The Morgan fingerprint density at radius 3 is 2.62 bits per heavy atom. The van der Waals surface area contributed by atoms with Crippen molar-refractivity contribution in [1.29, 1.82) is 0 Å². The van der Waals surface area contributed by atoms with Gasteiger partial charge >= 0.3 is 0 Å². The first-order valence-corrected chi connectivity index (χ1v) is 10.5. The molecule has 2 aliphatic carbocycles. The highest BCUT2D eigenvalue weighted by Gasteiger charge is 2.27. The Kier molecular flexibility index (Phi) is 4.59. The molecule has 3 aromatic rings. The highest BCUT2D eigenvalue weighted by atomic mass is 15.2. The molecule has 0 atom stereocenters. The number of aromatic nitrogens is 4. The van der Waals surface area contributed by atoms with Gasteiger partial charge in [-0.3, -0.25) is 4.68 Å². The molecule has 1 N–H and O–H groups in total. The van der Waals surface area contributed by atoms with Crippen LogP contribution < -0.4 is 5.32 Å². The number of hydrogen-bond donors (Lipinski definition) is 1. The van der Waals surface area contributed by atoms with Gasteiger partial charge in [-0.1, -0.05) is 12.1 Å². The maximum absolute atomic E-state index is 4.65. The minimum atomic E-state index is 0.482. The van der Waals surface area contributed by atoms with Gasteiger partial charge in [0.1, 0.15) is 12.1 Å². The van der Waals surface area contributed by atoms with Gasteiger partial charge < -0.3 is 10.2 Å². The molecular formula is C23H28N6. The summed E-state index contributed by atoms with van der Waals surface area (Å²) in [6, 6.07) is 7.87. The van der Waals surface area contributed by atoms with Crippen LogP contribution in [0.1, 0.15) is 36.9 Å². The van der Waals surface area contributed by atoms with E-state index >= 15 is 0 Å². The Morgan fingerprint density at radius 2 is 1.90 bits per heavy atom. The maximum atomic E-state index is 4.65. The molecule has 0 amide bonds. The van der Waals surface area contributed by atoms with E-state index in [0.29, 0.717) is 12.1 Å². The van der Waals surface area contributed by atoms with Crippen molar-refractivity contribution >= 4 is 5.82 Å². The standard InChI is InChI=1S/C23H28N6/c1-28(2)19-8-6-18(7-9-19)27-23-22-20-10-15(17-12-26-29(3)13-17)4-5-16(20)11-21(22)24-14-25-23/h4-5,10,12-14,18-19H,6-9,11H2,1-3H3,(H,24,25,27). The normalized spacial score (nSPS) is 20.6. The second kappa shape index (κ2) is 7.26. The fourth-order valence-electron chi connectivity index (χ4n) is 4.77. The van der Waals surface area contributed by atoms with Crippen molar-refractivity contribution in [2.45, 2.75) is 44.2 Å². The number of benzene rings is 1. The number of nitrogens with one attached hydrogen (secondary N) is 1. The number of aryl methyl sites for hydroxylation is 1. The van der Waals surface area contributed by atoms with Gasteiger partial charge in [0.05, 0.1) is 11.9 Å². The van der Waals surface area contributed by atoms with Crippen molar-refractivity contribution in [1.82, 2.24) is 24.6 Å². The Balaban J connectivity index is 1.44. The van der Waals surface area contributed by atoms with Gasteiger partial charge in [-0.2, -0.15) is 5.10 Å². The van der Waals surface area contributed by atoms with Gasteiger partial charge in [0.25, 0.3) is 0 Å². The van der Waals surface area contributed by atoms with Crippen LogP contribution in [-0.2, 0) is 13.5 Å². The summed E-state index contributed by atoms with van der Waals surface area (Å²) in [5, 5.41) is 8.08. The molecule has 0 bridgehead atoms.